The molecule has 0 fully saturated rings. The first-order valence-electron chi connectivity index (χ1n) is 3.33. The highest BCUT2D eigenvalue weighted by Crippen LogP contribution is 2.13. The summed E-state index contributed by atoms with van der Waals surface area (Å²) in [6.07, 6.45) is 2.64. The van der Waals surface area contributed by atoms with Gasteiger partial charge in [-0.3, -0.25) is 0 Å². The number of aliphatic hydroxyl groups excluding tert-OH is 2. The third-order valence-corrected chi connectivity index (χ3v) is 1.38. The summed E-state index contributed by atoms with van der Waals surface area (Å²) in [5, 5.41) is 18.2. The molecule has 0 aliphatic carbocycles. The summed E-state index contributed by atoms with van der Waals surface area (Å²) in [7, 11) is 0. The van der Waals surface area contributed by atoms with Gasteiger partial charge in [-0.15, -0.1) is 0 Å². The molecule has 2 unspecified atom stereocenters. The van der Waals surface area contributed by atoms with E-state index in [4.69, 9.17) is 5.11 Å². The molecule has 2 N–H and O–H groups in total. The van der Waals surface area contributed by atoms with Gasteiger partial charge in [-0.1, -0.05) is 0 Å². The van der Waals surface area contributed by atoms with Crippen molar-refractivity contribution in [1.29, 1.82) is 0 Å². The minimum absolute atomic E-state index is 0.530. The van der Waals surface area contributed by atoms with Crippen LogP contribution in [-0.2, 0) is 0 Å². The van der Waals surface area contributed by atoms with Gasteiger partial charge >= 0.3 is 0 Å². The highest BCUT2D eigenvalue weighted by molar-refractivity contribution is 5.07. The molecule has 0 aliphatic rings. The fraction of sp³-hybridized carbons (Fsp3) is 0.429. The van der Waals surface area contributed by atoms with Gasteiger partial charge in [0.25, 0.3) is 0 Å². The van der Waals surface area contributed by atoms with Crippen molar-refractivity contribution in [3.63, 3.8) is 0 Å². The van der Waals surface area contributed by atoms with Crippen LogP contribution in [0, 0.1) is 0 Å². The van der Waals surface area contributed by atoms with Crippen LogP contribution in [0.2, 0.25) is 0 Å². The lowest BCUT2D eigenvalue weighted by molar-refractivity contribution is 0.0301. The van der Waals surface area contributed by atoms with Crippen molar-refractivity contribution in [2.75, 3.05) is 0 Å². The van der Waals surface area contributed by atoms with Crippen LogP contribution in [0.5, 0.6) is 0 Å². The number of aromatic nitrogens is 2. The topological polar surface area (TPSA) is 66.2 Å². The lowest BCUT2D eigenvalue weighted by Gasteiger charge is -2.11. The molecule has 1 aromatic heterocycles. The van der Waals surface area contributed by atoms with Crippen LogP contribution in [0.1, 0.15) is 18.6 Å². The molecule has 11 heavy (non-hydrogen) atoms. The van der Waals surface area contributed by atoms with Crippen molar-refractivity contribution in [3.05, 3.63) is 24.3 Å². The summed E-state index contributed by atoms with van der Waals surface area (Å²) in [6, 6.07) is 0. The zero-order chi connectivity index (χ0) is 8.27. The lowest BCUT2D eigenvalue weighted by atomic mass is 10.1. The summed E-state index contributed by atoms with van der Waals surface area (Å²) in [5.74, 6) is 0. The Bertz CT molecular complexity index is 213. The van der Waals surface area contributed by atoms with Gasteiger partial charge in [-0.25, -0.2) is 9.97 Å². The molecule has 0 aromatic carbocycles. The van der Waals surface area contributed by atoms with Gasteiger partial charge in [0.1, 0.15) is 12.4 Å². The van der Waals surface area contributed by atoms with E-state index in [-0.39, 0.29) is 0 Å². The highest BCUT2D eigenvalue weighted by atomic mass is 16.3. The highest BCUT2D eigenvalue weighted by Gasteiger charge is 2.12. The predicted molar refractivity (Wildman–Crippen MR) is 38.7 cm³/mol. The molecule has 0 bridgehead atoms. The van der Waals surface area contributed by atoms with Crippen LogP contribution in [0.15, 0.2) is 18.7 Å². The molecule has 1 heterocycles. The molecule has 4 heteroatoms. The number of nitrogens with zero attached hydrogens (tertiary/aromatic N) is 2. The van der Waals surface area contributed by atoms with Gasteiger partial charge in [0, 0.05) is 18.0 Å². The SMILES string of the molecule is CC(O)C(O)c1cncnc1. The van der Waals surface area contributed by atoms with E-state index in [9.17, 15) is 5.11 Å². The molecule has 0 saturated carbocycles. The first kappa shape index (κ1) is 8.10. The third-order valence-electron chi connectivity index (χ3n) is 1.38. The van der Waals surface area contributed by atoms with Gasteiger partial charge in [-0.05, 0) is 6.92 Å². The van der Waals surface area contributed by atoms with E-state index in [0.717, 1.165) is 0 Å². The monoisotopic (exact) mass is 154 g/mol. The van der Waals surface area contributed by atoms with Crippen molar-refractivity contribution < 1.29 is 10.2 Å². The van der Waals surface area contributed by atoms with E-state index in [1.165, 1.54) is 25.6 Å². The maximum Gasteiger partial charge on any atom is 0.115 e. The minimum Gasteiger partial charge on any atom is -0.390 e. The fourth-order valence-corrected chi connectivity index (χ4v) is 0.742. The Morgan fingerprint density at radius 2 is 1.82 bits per heavy atom. The van der Waals surface area contributed by atoms with Crippen molar-refractivity contribution in [2.24, 2.45) is 0 Å². The van der Waals surface area contributed by atoms with E-state index in [0.29, 0.717) is 5.56 Å². The molecule has 2 atom stereocenters. The van der Waals surface area contributed by atoms with E-state index in [1.54, 1.807) is 0 Å². The Balaban J connectivity index is 2.77. The third kappa shape index (κ3) is 1.96. The maximum absolute atomic E-state index is 9.27. The number of aliphatic hydroxyl groups is 2. The molecule has 4 nitrogen and oxygen atoms in total. The van der Waals surface area contributed by atoms with Crippen molar-refractivity contribution in [1.82, 2.24) is 9.97 Å². The van der Waals surface area contributed by atoms with Crippen molar-refractivity contribution in [2.45, 2.75) is 19.1 Å². The van der Waals surface area contributed by atoms with Crippen LogP contribution >= 0.6 is 0 Å². The van der Waals surface area contributed by atoms with Crippen molar-refractivity contribution >= 4 is 0 Å². The first-order valence-corrected chi connectivity index (χ1v) is 3.33. The minimum atomic E-state index is -0.892. The van der Waals surface area contributed by atoms with Crippen LogP contribution in [0.25, 0.3) is 0 Å². The van der Waals surface area contributed by atoms with Gasteiger partial charge < -0.3 is 10.2 Å². The summed E-state index contributed by atoms with van der Waals surface area (Å²) < 4.78 is 0. The van der Waals surface area contributed by atoms with Crippen LogP contribution in [-0.4, -0.2) is 26.3 Å². The second kappa shape index (κ2) is 3.41. The smallest absolute Gasteiger partial charge is 0.115 e. The molecule has 0 saturated heterocycles. The summed E-state index contributed by atoms with van der Waals surface area (Å²) in [5.41, 5.74) is 0.530. The molecular formula is C7H10N2O2. The number of hydrogen-bond acceptors (Lipinski definition) is 4. The van der Waals surface area contributed by atoms with Crippen LogP contribution < -0.4 is 0 Å². The summed E-state index contributed by atoms with van der Waals surface area (Å²) >= 11 is 0. The summed E-state index contributed by atoms with van der Waals surface area (Å²) in [4.78, 5) is 7.41. The molecule has 0 amide bonds. The lowest BCUT2D eigenvalue weighted by Crippen LogP contribution is -2.13. The number of hydrogen-bond donors (Lipinski definition) is 2. The zero-order valence-electron chi connectivity index (χ0n) is 6.18. The van der Waals surface area contributed by atoms with E-state index >= 15 is 0 Å². The molecule has 0 spiro atoms. The average molecular weight is 154 g/mol. The normalized spacial score (nSPS) is 15.9. The van der Waals surface area contributed by atoms with Crippen LogP contribution in [0.4, 0.5) is 0 Å². The van der Waals surface area contributed by atoms with Gasteiger partial charge in [0.15, 0.2) is 0 Å². The van der Waals surface area contributed by atoms with Crippen molar-refractivity contribution in [3.8, 4) is 0 Å². The largest absolute Gasteiger partial charge is 0.390 e. The fourth-order valence-electron chi connectivity index (χ4n) is 0.742. The Labute approximate surface area is 64.6 Å². The molecule has 0 aliphatic heterocycles. The maximum atomic E-state index is 9.27. The molecular weight excluding hydrogens is 144 g/mol. The predicted octanol–water partition coefficient (Wildman–Crippen LogP) is -0.109. The zero-order valence-corrected chi connectivity index (χ0v) is 6.18. The number of rotatable bonds is 2. The van der Waals surface area contributed by atoms with E-state index in [2.05, 4.69) is 9.97 Å². The molecule has 0 radical (unpaired) electrons. The van der Waals surface area contributed by atoms with Gasteiger partial charge in [0.2, 0.25) is 0 Å². The average Bonchev–Trinajstić information content (AvgIpc) is 2.05. The quantitative estimate of drug-likeness (QED) is 0.623. The Kier molecular flexibility index (Phi) is 2.51. The summed E-state index contributed by atoms with van der Waals surface area (Å²) in [6.45, 7) is 1.51. The Hall–Kier alpha value is -1.00. The molecule has 1 aromatic rings. The van der Waals surface area contributed by atoms with E-state index < -0.39 is 12.2 Å². The molecule has 1 rings (SSSR count). The van der Waals surface area contributed by atoms with Gasteiger partial charge in [-0.2, -0.15) is 0 Å². The standard InChI is InChI=1S/C7H10N2O2/c1-5(10)7(11)6-2-8-4-9-3-6/h2-5,7,10-11H,1H3. The van der Waals surface area contributed by atoms with Crippen LogP contribution in [0.3, 0.4) is 0 Å². The Morgan fingerprint density at radius 1 is 1.27 bits per heavy atom. The van der Waals surface area contributed by atoms with Gasteiger partial charge in [0.05, 0.1) is 6.10 Å². The van der Waals surface area contributed by atoms with E-state index in [1.807, 2.05) is 0 Å². The second-order valence-electron chi connectivity index (χ2n) is 2.36. The molecule has 60 valence electrons. The Morgan fingerprint density at radius 3 is 2.27 bits per heavy atom. The first-order chi connectivity index (χ1) is 5.22. The second-order valence-corrected chi connectivity index (χ2v) is 2.36.